The number of alkyl halides is 1. The van der Waals surface area contributed by atoms with Crippen molar-refractivity contribution in [2.75, 3.05) is 0 Å². The van der Waals surface area contributed by atoms with E-state index in [0.717, 1.165) is 22.0 Å². The summed E-state index contributed by atoms with van der Waals surface area (Å²) in [6.07, 6.45) is 3.65. The molecule has 0 aliphatic carbocycles. The number of nitrogens with zero attached hydrogens (tertiary/aromatic N) is 2. The van der Waals surface area contributed by atoms with E-state index in [1.807, 2.05) is 35.9 Å². The molecule has 0 N–H and O–H groups in total. The van der Waals surface area contributed by atoms with E-state index in [1.54, 1.807) is 6.33 Å². The van der Waals surface area contributed by atoms with Gasteiger partial charge in [-0.15, -0.1) is 11.6 Å². The minimum Gasteiger partial charge on any atom is -0.306 e. The van der Waals surface area contributed by atoms with E-state index >= 15 is 0 Å². The summed E-state index contributed by atoms with van der Waals surface area (Å²) >= 11 is 11.6. The highest BCUT2D eigenvalue weighted by Gasteiger charge is 2.03. The molecule has 0 aliphatic heterocycles. The Labute approximate surface area is 98.5 Å². The van der Waals surface area contributed by atoms with E-state index < -0.39 is 0 Å². The van der Waals surface area contributed by atoms with E-state index in [4.69, 9.17) is 23.2 Å². The summed E-state index contributed by atoms with van der Waals surface area (Å²) in [5, 5.41) is 0.719. The van der Waals surface area contributed by atoms with Gasteiger partial charge in [0.15, 0.2) is 0 Å². The number of hydrogen-bond donors (Lipinski definition) is 0. The summed E-state index contributed by atoms with van der Waals surface area (Å²) in [4.78, 5) is 4.17. The zero-order chi connectivity index (χ0) is 10.8. The largest absolute Gasteiger partial charge is 0.306 e. The van der Waals surface area contributed by atoms with Gasteiger partial charge < -0.3 is 4.57 Å². The molecule has 2 aromatic rings. The van der Waals surface area contributed by atoms with Crippen LogP contribution in [0.4, 0.5) is 0 Å². The van der Waals surface area contributed by atoms with Crippen molar-refractivity contribution >= 4 is 23.2 Å². The molecule has 0 fully saturated rings. The van der Waals surface area contributed by atoms with Gasteiger partial charge in [-0.2, -0.15) is 0 Å². The van der Waals surface area contributed by atoms with Gasteiger partial charge in [-0.3, -0.25) is 0 Å². The van der Waals surface area contributed by atoms with Crippen LogP contribution in [0.1, 0.15) is 11.3 Å². The fraction of sp³-hybridized carbons (Fsp3) is 0.182. The molecule has 0 amide bonds. The first-order valence-electron chi connectivity index (χ1n) is 4.56. The van der Waals surface area contributed by atoms with Gasteiger partial charge in [0.25, 0.3) is 0 Å². The molecule has 0 unspecified atom stereocenters. The first-order valence-corrected chi connectivity index (χ1v) is 5.47. The van der Waals surface area contributed by atoms with Crippen LogP contribution in [0, 0.1) is 6.92 Å². The maximum atomic E-state index is 5.95. The minimum absolute atomic E-state index is 0.423. The molecule has 0 bridgehead atoms. The number of aromatic nitrogens is 2. The number of halogens is 2. The number of aryl methyl sites for hydroxylation is 1. The van der Waals surface area contributed by atoms with Crippen molar-refractivity contribution in [2.24, 2.45) is 0 Å². The first kappa shape index (κ1) is 10.5. The van der Waals surface area contributed by atoms with E-state index in [-0.39, 0.29) is 0 Å². The van der Waals surface area contributed by atoms with E-state index in [2.05, 4.69) is 4.98 Å². The van der Waals surface area contributed by atoms with Gasteiger partial charge in [0.05, 0.1) is 23.6 Å². The Morgan fingerprint density at radius 2 is 2.20 bits per heavy atom. The van der Waals surface area contributed by atoms with Crippen LogP contribution < -0.4 is 0 Å². The minimum atomic E-state index is 0.423. The lowest BCUT2D eigenvalue weighted by Crippen LogP contribution is -1.93. The zero-order valence-electron chi connectivity index (χ0n) is 8.24. The summed E-state index contributed by atoms with van der Waals surface area (Å²) in [5.74, 6) is 0.423. The third-order valence-corrected chi connectivity index (χ3v) is 2.73. The molecular formula is C11H10Cl2N2. The molecule has 0 atom stereocenters. The third-order valence-electron chi connectivity index (χ3n) is 2.22. The normalized spacial score (nSPS) is 10.6. The van der Waals surface area contributed by atoms with Gasteiger partial charge in [-0.05, 0) is 24.6 Å². The van der Waals surface area contributed by atoms with Crippen molar-refractivity contribution in [3.63, 3.8) is 0 Å². The Balaban J connectivity index is 2.48. The summed E-state index contributed by atoms with van der Waals surface area (Å²) in [7, 11) is 0. The molecule has 78 valence electrons. The van der Waals surface area contributed by atoms with Crippen molar-refractivity contribution in [1.29, 1.82) is 0 Å². The number of hydrogen-bond acceptors (Lipinski definition) is 1. The lowest BCUT2D eigenvalue weighted by Gasteiger charge is -2.06. The van der Waals surface area contributed by atoms with Crippen molar-refractivity contribution < 1.29 is 0 Å². The maximum Gasteiger partial charge on any atom is 0.0995 e. The average Bonchev–Trinajstić information content (AvgIpc) is 2.70. The van der Waals surface area contributed by atoms with E-state index in [9.17, 15) is 0 Å². The number of benzene rings is 1. The summed E-state index contributed by atoms with van der Waals surface area (Å²) in [6, 6.07) is 5.77. The molecule has 0 saturated heterocycles. The van der Waals surface area contributed by atoms with E-state index in [1.165, 1.54) is 0 Å². The van der Waals surface area contributed by atoms with Gasteiger partial charge in [-0.1, -0.05) is 17.7 Å². The predicted molar refractivity (Wildman–Crippen MR) is 62.9 cm³/mol. The summed E-state index contributed by atoms with van der Waals surface area (Å²) < 4.78 is 1.93. The summed E-state index contributed by atoms with van der Waals surface area (Å²) in [5.41, 5.74) is 3.04. The van der Waals surface area contributed by atoms with Gasteiger partial charge in [0.1, 0.15) is 0 Å². The van der Waals surface area contributed by atoms with Crippen molar-refractivity contribution in [2.45, 2.75) is 12.8 Å². The molecule has 1 heterocycles. The Morgan fingerprint density at radius 1 is 1.40 bits per heavy atom. The Morgan fingerprint density at radius 3 is 2.87 bits per heavy atom. The van der Waals surface area contributed by atoms with Crippen LogP contribution in [0.2, 0.25) is 5.02 Å². The van der Waals surface area contributed by atoms with Crippen LogP contribution in [-0.2, 0) is 5.88 Å². The molecule has 0 saturated carbocycles. The zero-order valence-corrected chi connectivity index (χ0v) is 9.76. The second kappa shape index (κ2) is 4.25. The predicted octanol–water partition coefficient (Wildman–Crippen LogP) is 3.57. The fourth-order valence-corrected chi connectivity index (χ4v) is 1.73. The van der Waals surface area contributed by atoms with Gasteiger partial charge >= 0.3 is 0 Å². The molecule has 0 radical (unpaired) electrons. The third kappa shape index (κ3) is 2.16. The number of rotatable bonds is 2. The van der Waals surface area contributed by atoms with Crippen LogP contribution in [0.5, 0.6) is 0 Å². The van der Waals surface area contributed by atoms with Gasteiger partial charge in [0, 0.05) is 11.2 Å². The monoisotopic (exact) mass is 240 g/mol. The highest BCUT2D eigenvalue weighted by atomic mass is 35.5. The lowest BCUT2D eigenvalue weighted by atomic mass is 10.2. The highest BCUT2D eigenvalue weighted by Crippen LogP contribution is 2.19. The standard InChI is InChI=1S/C11H10Cl2N2/c1-8-2-3-9(13)4-11(8)15-6-10(5-12)14-7-15/h2-4,6-7H,5H2,1H3. The van der Waals surface area contributed by atoms with Crippen LogP contribution >= 0.6 is 23.2 Å². The highest BCUT2D eigenvalue weighted by molar-refractivity contribution is 6.30. The number of imidazole rings is 1. The van der Waals surface area contributed by atoms with E-state index in [0.29, 0.717) is 5.88 Å². The summed E-state index contributed by atoms with van der Waals surface area (Å²) in [6.45, 7) is 2.03. The van der Waals surface area contributed by atoms with Gasteiger partial charge in [0.2, 0.25) is 0 Å². The van der Waals surface area contributed by atoms with Crippen LogP contribution in [0.15, 0.2) is 30.7 Å². The second-order valence-corrected chi connectivity index (χ2v) is 4.04. The Bertz CT molecular complexity index is 477. The fourth-order valence-electron chi connectivity index (χ4n) is 1.43. The molecule has 0 spiro atoms. The van der Waals surface area contributed by atoms with Gasteiger partial charge in [-0.25, -0.2) is 4.98 Å². The molecule has 0 aliphatic rings. The Hall–Kier alpha value is -0.990. The average molecular weight is 241 g/mol. The molecule has 2 rings (SSSR count). The van der Waals surface area contributed by atoms with Crippen molar-refractivity contribution in [1.82, 2.24) is 9.55 Å². The molecule has 4 heteroatoms. The smallest absolute Gasteiger partial charge is 0.0995 e. The second-order valence-electron chi connectivity index (χ2n) is 3.34. The molecule has 15 heavy (non-hydrogen) atoms. The van der Waals surface area contributed by atoms with Crippen molar-refractivity contribution in [3.05, 3.63) is 47.0 Å². The maximum absolute atomic E-state index is 5.95. The topological polar surface area (TPSA) is 17.8 Å². The van der Waals surface area contributed by atoms with Crippen LogP contribution in [0.25, 0.3) is 5.69 Å². The van der Waals surface area contributed by atoms with Crippen LogP contribution in [0.3, 0.4) is 0 Å². The first-order chi connectivity index (χ1) is 7.20. The quantitative estimate of drug-likeness (QED) is 0.735. The van der Waals surface area contributed by atoms with Crippen LogP contribution in [-0.4, -0.2) is 9.55 Å². The molecule has 1 aromatic carbocycles. The molecule has 1 aromatic heterocycles. The molecule has 2 nitrogen and oxygen atoms in total. The molecular weight excluding hydrogens is 231 g/mol. The Kier molecular flexibility index (Phi) is 2.98. The SMILES string of the molecule is Cc1ccc(Cl)cc1-n1cnc(CCl)c1. The lowest BCUT2D eigenvalue weighted by molar-refractivity contribution is 1.04. The van der Waals surface area contributed by atoms with Crippen molar-refractivity contribution in [3.8, 4) is 5.69 Å².